The van der Waals surface area contributed by atoms with E-state index in [-0.39, 0.29) is 6.54 Å². The highest BCUT2D eigenvalue weighted by atomic mass is 32.2. The highest BCUT2D eigenvalue weighted by molar-refractivity contribution is 7.89. The van der Waals surface area contributed by atoms with Gasteiger partial charge in [0.15, 0.2) is 0 Å². The first-order valence-corrected chi connectivity index (χ1v) is 7.92. The molecule has 2 aromatic rings. The van der Waals surface area contributed by atoms with E-state index >= 15 is 0 Å². The first-order valence-electron chi connectivity index (χ1n) is 6.27. The van der Waals surface area contributed by atoms with Crippen LogP contribution in [0.4, 0.5) is 13.2 Å². The number of nitrogens with one attached hydrogen (secondary N) is 1. The third-order valence-electron chi connectivity index (χ3n) is 2.79. The van der Waals surface area contributed by atoms with Crippen molar-refractivity contribution < 1.29 is 26.0 Å². The Kier molecular flexibility index (Phi) is 4.87. The van der Waals surface area contributed by atoms with Crippen molar-refractivity contribution in [2.75, 3.05) is 5.75 Å². The quantitative estimate of drug-likeness (QED) is 0.882. The van der Waals surface area contributed by atoms with Crippen LogP contribution in [0.5, 0.6) is 0 Å². The van der Waals surface area contributed by atoms with Crippen molar-refractivity contribution in [3.8, 4) is 11.3 Å². The average molecular weight is 334 g/mol. The molecule has 0 saturated carbocycles. The topological polar surface area (TPSA) is 72.2 Å². The standard InChI is InChI=1S/C13H13F3N2O3S/c14-13(15,16)4-6-22(19,20)18-8-10-1-2-12(17-7-10)11-3-5-21-9-11/h1-3,5,7,9,18H,4,6,8H2. The number of pyridine rings is 1. The number of hydrogen-bond donors (Lipinski definition) is 1. The summed E-state index contributed by atoms with van der Waals surface area (Å²) in [6.45, 7) is -0.112. The molecule has 22 heavy (non-hydrogen) atoms. The van der Waals surface area contributed by atoms with Crippen LogP contribution in [-0.2, 0) is 16.6 Å². The van der Waals surface area contributed by atoms with E-state index < -0.39 is 28.4 Å². The first kappa shape index (κ1) is 16.5. The fourth-order valence-corrected chi connectivity index (χ4v) is 2.66. The van der Waals surface area contributed by atoms with Gasteiger partial charge in [-0.15, -0.1) is 0 Å². The third-order valence-corrected chi connectivity index (χ3v) is 4.12. The lowest BCUT2D eigenvalue weighted by atomic mass is 10.2. The van der Waals surface area contributed by atoms with E-state index in [1.54, 1.807) is 18.2 Å². The SMILES string of the molecule is O=S(=O)(CCC(F)(F)F)NCc1ccc(-c2ccoc2)nc1. The molecule has 0 aliphatic rings. The van der Waals surface area contributed by atoms with Crippen LogP contribution in [0.25, 0.3) is 11.3 Å². The van der Waals surface area contributed by atoms with Crippen molar-refractivity contribution in [2.24, 2.45) is 0 Å². The van der Waals surface area contributed by atoms with Gasteiger partial charge >= 0.3 is 6.18 Å². The molecular formula is C13H13F3N2O3S. The lowest BCUT2D eigenvalue weighted by Gasteiger charge is -2.09. The van der Waals surface area contributed by atoms with Crippen molar-refractivity contribution in [3.63, 3.8) is 0 Å². The molecule has 0 saturated heterocycles. The summed E-state index contributed by atoms with van der Waals surface area (Å²) >= 11 is 0. The van der Waals surface area contributed by atoms with Crippen LogP contribution in [0.2, 0.25) is 0 Å². The van der Waals surface area contributed by atoms with Crippen LogP contribution >= 0.6 is 0 Å². The van der Waals surface area contributed by atoms with Gasteiger partial charge in [-0.25, -0.2) is 13.1 Å². The minimum Gasteiger partial charge on any atom is -0.472 e. The van der Waals surface area contributed by atoms with Crippen LogP contribution < -0.4 is 4.72 Å². The zero-order chi connectivity index (χ0) is 16.2. The lowest BCUT2D eigenvalue weighted by molar-refractivity contribution is -0.129. The molecule has 0 radical (unpaired) electrons. The molecule has 0 bridgehead atoms. The lowest BCUT2D eigenvalue weighted by Crippen LogP contribution is -2.28. The second kappa shape index (κ2) is 6.49. The van der Waals surface area contributed by atoms with E-state index in [2.05, 4.69) is 9.71 Å². The van der Waals surface area contributed by atoms with Crippen LogP contribution in [-0.4, -0.2) is 25.3 Å². The fraction of sp³-hybridized carbons (Fsp3) is 0.308. The van der Waals surface area contributed by atoms with Crippen LogP contribution in [0.15, 0.2) is 41.3 Å². The number of alkyl halides is 3. The van der Waals surface area contributed by atoms with Gasteiger partial charge in [0.25, 0.3) is 0 Å². The molecule has 2 aromatic heterocycles. The number of furan rings is 1. The number of nitrogens with zero attached hydrogens (tertiary/aromatic N) is 1. The van der Waals surface area contributed by atoms with Crippen molar-refractivity contribution in [1.29, 1.82) is 0 Å². The Bertz CT molecular complexity index is 695. The largest absolute Gasteiger partial charge is 0.472 e. The molecule has 1 N–H and O–H groups in total. The maximum Gasteiger partial charge on any atom is 0.390 e. The molecule has 2 heterocycles. The number of sulfonamides is 1. The molecule has 2 rings (SSSR count). The van der Waals surface area contributed by atoms with Gasteiger partial charge in [-0.1, -0.05) is 6.07 Å². The molecule has 0 fully saturated rings. The molecular weight excluding hydrogens is 321 g/mol. The molecule has 0 aliphatic heterocycles. The minimum absolute atomic E-state index is 0.112. The van der Waals surface area contributed by atoms with Crippen LogP contribution in [0, 0.1) is 0 Å². The van der Waals surface area contributed by atoms with E-state index in [0.717, 1.165) is 5.56 Å². The predicted octanol–water partition coefficient (Wildman–Crippen LogP) is 2.71. The van der Waals surface area contributed by atoms with E-state index in [1.165, 1.54) is 18.7 Å². The van der Waals surface area contributed by atoms with Crippen molar-refractivity contribution in [2.45, 2.75) is 19.1 Å². The second-order valence-electron chi connectivity index (χ2n) is 4.57. The maximum absolute atomic E-state index is 12.0. The summed E-state index contributed by atoms with van der Waals surface area (Å²) in [7, 11) is -3.98. The minimum atomic E-state index is -4.50. The molecule has 9 heteroatoms. The molecule has 0 amide bonds. The molecule has 0 aliphatic carbocycles. The van der Waals surface area contributed by atoms with Crippen molar-refractivity contribution in [3.05, 3.63) is 42.5 Å². The Hall–Kier alpha value is -1.87. The Morgan fingerprint density at radius 2 is 2.00 bits per heavy atom. The second-order valence-corrected chi connectivity index (χ2v) is 6.50. The van der Waals surface area contributed by atoms with E-state index in [1.807, 2.05) is 0 Å². The highest BCUT2D eigenvalue weighted by Crippen LogP contribution is 2.20. The van der Waals surface area contributed by atoms with E-state index in [9.17, 15) is 21.6 Å². The van der Waals surface area contributed by atoms with Gasteiger partial charge in [0.1, 0.15) is 0 Å². The fourth-order valence-electron chi connectivity index (χ4n) is 1.63. The summed E-state index contributed by atoms with van der Waals surface area (Å²) in [5.41, 5.74) is 1.97. The summed E-state index contributed by atoms with van der Waals surface area (Å²) in [4.78, 5) is 4.13. The molecule has 120 valence electrons. The van der Waals surface area contributed by atoms with Crippen LogP contribution in [0.1, 0.15) is 12.0 Å². The Morgan fingerprint density at radius 1 is 1.23 bits per heavy atom. The maximum atomic E-state index is 12.0. The van der Waals surface area contributed by atoms with Gasteiger partial charge in [-0.05, 0) is 17.7 Å². The molecule has 0 unspecified atom stereocenters. The van der Waals surface area contributed by atoms with Gasteiger partial charge in [-0.3, -0.25) is 4.98 Å². The number of hydrogen-bond acceptors (Lipinski definition) is 4. The highest BCUT2D eigenvalue weighted by Gasteiger charge is 2.29. The van der Waals surface area contributed by atoms with Gasteiger partial charge < -0.3 is 4.42 Å². The third kappa shape index (κ3) is 5.15. The normalized spacial score (nSPS) is 12.5. The van der Waals surface area contributed by atoms with Crippen molar-refractivity contribution >= 4 is 10.0 Å². The summed E-state index contributed by atoms with van der Waals surface area (Å²) in [6.07, 6.45) is -1.40. The zero-order valence-electron chi connectivity index (χ0n) is 11.3. The summed E-state index contributed by atoms with van der Waals surface area (Å²) in [5.74, 6) is -0.989. The zero-order valence-corrected chi connectivity index (χ0v) is 12.1. The average Bonchev–Trinajstić information content (AvgIpc) is 2.97. The number of aromatic nitrogens is 1. The Labute approximate surface area is 125 Å². The van der Waals surface area contributed by atoms with Gasteiger partial charge in [0, 0.05) is 18.3 Å². The first-order chi connectivity index (χ1) is 10.3. The Morgan fingerprint density at radius 3 is 2.55 bits per heavy atom. The predicted molar refractivity (Wildman–Crippen MR) is 73.2 cm³/mol. The van der Waals surface area contributed by atoms with Gasteiger partial charge in [0.2, 0.25) is 10.0 Å². The van der Waals surface area contributed by atoms with Crippen molar-refractivity contribution in [1.82, 2.24) is 9.71 Å². The molecule has 5 nitrogen and oxygen atoms in total. The Balaban J connectivity index is 1.91. The summed E-state index contributed by atoms with van der Waals surface area (Å²) in [6, 6.07) is 5.04. The summed E-state index contributed by atoms with van der Waals surface area (Å²) in [5, 5.41) is 0. The van der Waals surface area contributed by atoms with E-state index in [0.29, 0.717) is 11.3 Å². The van der Waals surface area contributed by atoms with E-state index in [4.69, 9.17) is 4.42 Å². The monoisotopic (exact) mass is 334 g/mol. The molecule has 0 aromatic carbocycles. The number of halogens is 3. The molecule has 0 atom stereocenters. The number of rotatable bonds is 6. The summed E-state index contributed by atoms with van der Waals surface area (Å²) < 4.78 is 66.0. The molecule has 0 spiro atoms. The van der Waals surface area contributed by atoms with Gasteiger partial charge in [-0.2, -0.15) is 13.2 Å². The smallest absolute Gasteiger partial charge is 0.390 e. The van der Waals surface area contributed by atoms with Gasteiger partial charge in [0.05, 0.1) is 30.4 Å². The van der Waals surface area contributed by atoms with Crippen LogP contribution in [0.3, 0.4) is 0 Å².